The van der Waals surface area contributed by atoms with E-state index in [-0.39, 0.29) is 51.0 Å². The summed E-state index contributed by atoms with van der Waals surface area (Å²) in [7, 11) is -1.48. The Morgan fingerprint density at radius 2 is 0.875 bits per heavy atom. The monoisotopic (exact) mass is 605 g/mol. The van der Waals surface area contributed by atoms with Gasteiger partial charge in [0.2, 0.25) is 0 Å². The fourth-order valence-corrected chi connectivity index (χ4v) is 5.31. The Balaban J connectivity index is -0.000000201. The molecule has 0 aromatic rings. The summed E-state index contributed by atoms with van der Waals surface area (Å²) < 4.78 is 0. The molecule has 0 spiro atoms. The fraction of sp³-hybridized carbons (Fsp3) is 0.692. The maximum Gasteiger partial charge on any atom is 4.00 e. The van der Waals surface area contributed by atoms with Gasteiger partial charge in [0.15, 0.2) is 0 Å². The van der Waals surface area contributed by atoms with Crippen LogP contribution in [0.25, 0.3) is 0 Å². The molecule has 0 aliphatic heterocycles. The standard InChI is InChI=1S/2C12H21Si.C2H7Si.2ClH.Zr/c2*1-12(2,3)10-7-8-11(9-10)13(4,5)6;1-3-2;;;/h2*9H,7H2,1-6H3;3H,1-2H3;2*1H;/q2*-1;;;;+4/p-2. The van der Waals surface area contributed by atoms with Crippen LogP contribution in [-0.2, 0) is 26.2 Å². The van der Waals surface area contributed by atoms with E-state index < -0.39 is 16.1 Å². The molecular formula is C26H49Cl2Si3Zr. The van der Waals surface area contributed by atoms with Gasteiger partial charge in [-0.25, -0.2) is 22.5 Å². The van der Waals surface area contributed by atoms with E-state index in [0.717, 1.165) is 22.4 Å². The predicted molar refractivity (Wildman–Crippen MR) is 143 cm³/mol. The summed E-state index contributed by atoms with van der Waals surface area (Å²) in [5.41, 5.74) is 3.75. The van der Waals surface area contributed by atoms with Crippen LogP contribution in [0.5, 0.6) is 0 Å². The van der Waals surface area contributed by atoms with Crippen LogP contribution < -0.4 is 24.8 Å². The third-order valence-electron chi connectivity index (χ3n) is 5.12. The van der Waals surface area contributed by atoms with Gasteiger partial charge >= 0.3 is 26.2 Å². The van der Waals surface area contributed by atoms with Crippen molar-refractivity contribution < 1.29 is 51.0 Å². The van der Waals surface area contributed by atoms with Crippen molar-refractivity contribution >= 4 is 25.7 Å². The first-order chi connectivity index (χ1) is 12.8. The largest absolute Gasteiger partial charge is 4.00 e. The van der Waals surface area contributed by atoms with Crippen molar-refractivity contribution in [1.82, 2.24) is 0 Å². The second-order valence-electron chi connectivity index (χ2n) is 12.5. The Labute approximate surface area is 238 Å². The van der Waals surface area contributed by atoms with Crippen LogP contribution in [-0.4, -0.2) is 25.7 Å². The maximum atomic E-state index is 3.54. The molecule has 0 saturated heterocycles. The summed E-state index contributed by atoms with van der Waals surface area (Å²) in [6.07, 6.45) is 14.0. The zero-order valence-electron chi connectivity index (χ0n) is 23.4. The fourth-order valence-electron chi connectivity index (χ4n) is 2.86. The molecule has 0 fully saturated rings. The molecule has 0 amide bonds. The van der Waals surface area contributed by atoms with Gasteiger partial charge in [0.25, 0.3) is 0 Å². The van der Waals surface area contributed by atoms with Crippen molar-refractivity contribution in [3.8, 4) is 0 Å². The molecule has 0 nitrogen and oxygen atoms in total. The zero-order valence-corrected chi connectivity index (χ0v) is 30.5. The molecule has 0 heterocycles. The third-order valence-corrected chi connectivity index (χ3v) is 8.99. The third kappa shape index (κ3) is 15.1. The van der Waals surface area contributed by atoms with E-state index in [4.69, 9.17) is 0 Å². The number of rotatable bonds is 2. The van der Waals surface area contributed by atoms with Crippen LogP contribution in [0.2, 0.25) is 52.4 Å². The van der Waals surface area contributed by atoms with Gasteiger partial charge in [-0.05, 0) is 10.8 Å². The van der Waals surface area contributed by atoms with Crippen molar-refractivity contribution in [3.05, 3.63) is 45.8 Å². The molecule has 0 aromatic carbocycles. The summed E-state index contributed by atoms with van der Waals surface area (Å²) in [5, 5.41) is 3.02. The Morgan fingerprint density at radius 1 is 0.656 bits per heavy atom. The minimum Gasteiger partial charge on any atom is -1.00 e. The average molecular weight is 608 g/mol. The van der Waals surface area contributed by atoms with Crippen molar-refractivity contribution in [2.24, 2.45) is 10.8 Å². The molecule has 32 heavy (non-hydrogen) atoms. The molecular weight excluding hydrogens is 559 g/mol. The van der Waals surface area contributed by atoms with E-state index in [1.807, 2.05) is 0 Å². The van der Waals surface area contributed by atoms with Crippen LogP contribution in [0.4, 0.5) is 0 Å². The SMILES string of the molecule is CC(C)(C)C1=CC([Si](C)(C)C)=[C-]C1.CC(C)(C)C1=CC([Si](C)(C)C)=[C-]C1.C[SiH]C.[Cl-].[Cl-].[Zr+4]. The summed E-state index contributed by atoms with van der Waals surface area (Å²) in [6.45, 7) is 32.4. The molecule has 2 aliphatic rings. The summed E-state index contributed by atoms with van der Waals surface area (Å²) in [5.74, 6) is 0. The quantitative estimate of drug-likeness (QED) is 0.334. The van der Waals surface area contributed by atoms with Gasteiger partial charge in [0.05, 0.1) is 0 Å². The molecule has 0 bridgehead atoms. The first kappa shape index (κ1) is 40.3. The number of hydrogen-bond donors (Lipinski definition) is 0. The molecule has 0 atom stereocenters. The Morgan fingerprint density at radius 3 is 0.969 bits per heavy atom. The van der Waals surface area contributed by atoms with E-state index in [1.54, 1.807) is 11.1 Å². The second kappa shape index (κ2) is 15.9. The Kier molecular flexibility index (Phi) is 20.1. The topological polar surface area (TPSA) is 0 Å². The number of allylic oxidation sites excluding steroid dienone is 8. The molecule has 0 N–H and O–H groups in total. The number of halogens is 2. The summed E-state index contributed by atoms with van der Waals surface area (Å²) >= 11 is 0. The summed E-state index contributed by atoms with van der Waals surface area (Å²) in [6, 6.07) is 0. The molecule has 6 heteroatoms. The first-order valence-electron chi connectivity index (χ1n) is 11.2. The van der Waals surface area contributed by atoms with Crippen molar-refractivity contribution in [1.29, 1.82) is 0 Å². The molecule has 1 radical (unpaired) electrons. The van der Waals surface area contributed by atoms with E-state index in [9.17, 15) is 0 Å². The van der Waals surface area contributed by atoms with Crippen LogP contribution in [0.15, 0.2) is 33.7 Å². The maximum absolute atomic E-state index is 3.54. The van der Waals surface area contributed by atoms with E-state index in [0.29, 0.717) is 10.8 Å². The smallest absolute Gasteiger partial charge is 1.00 e. The number of hydrogen-bond acceptors (Lipinski definition) is 0. The van der Waals surface area contributed by atoms with Crippen molar-refractivity contribution in [2.45, 2.75) is 107 Å². The molecule has 2 aliphatic carbocycles. The van der Waals surface area contributed by atoms with Crippen molar-refractivity contribution in [2.75, 3.05) is 0 Å². The molecule has 183 valence electrons. The normalized spacial score (nSPS) is 15.7. The Bertz CT molecular complexity index is 605. The minimum absolute atomic E-state index is 0. The summed E-state index contributed by atoms with van der Waals surface area (Å²) in [4.78, 5) is 0. The van der Waals surface area contributed by atoms with Gasteiger partial charge in [0.1, 0.15) is 0 Å². The van der Waals surface area contributed by atoms with Crippen LogP contribution in [0.1, 0.15) is 54.4 Å². The van der Waals surface area contributed by atoms with Crippen LogP contribution >= 0.6 is 0 Å². The zero-order chi connectivity index (χ0) is 23.3. The van der Waals surface area contributed by atoms with Gasteiger partial charge in [-0.3, -0.25) is 12.2 Å². The van der Waals surface area contributed by atoms with Gasteiger partial charge in [-0.2, -0.15) is 11.1 Å². The van der Waals surface area contributed by atoms with Crippen LogP contribution in [0.3, 0.4) is 0 Å². The van der Waals surface area contributed by atoms with Crippen LogP contribution in [0, 0.1) is 23.0 Å². The van der Waals surface area contributed by atoms with E-state index >= 15 is 0 Å². The molecule has 0 unspecified atom stereocenters. The predicted octanol–water partition coefficient (Wildman–Crippen LogP) is 2.46. The molecule has 0 saturated carbocycles. The molecule has 0 aromatic heterocycles. The first-order valence-corrected chi connectivity index (χ1v) is 20.5. The Hall–Kier alpha value is 1.07. The van der Waals surface area contributed by atoms with Crippen molar-refractivity contribution in [3.63, 3.8) is 0 Å². The minimum atomic E-state index is -1.12. The van der Waals surface area contributed by atoms with Gasteiger partial charge in [-0.15, -0.1) is 12.8 Å². The van der Waals surface area contributed by atoms with E-state index in [1.165, 1.54) is 10.4 Å². The second-order valence-corrected chi connectivity index (χ2v) is 23.7. The average Bonchev–Trinajstić information content (AvgIpc) is 3.16. The van der Waals surface area contributed by atoms with Gasteiger partial charge < -0.3 is 24.8 Å². The van der Waals surface area contributed by atoms with E-state index in [2.05, 4.69) is 118 Å². The van der Waals surface area contributed by atoms with Gasteiger partial charge in [-0.1, -0.05) is 93.9 Å². The van der Waals surface area contributed by atoms with Gasteiger partial charge in [0, 0.05) is 25.7 Å². The molecule has 2 rings (SSSR count).